The number of methoxy groups -OCH3 is 1. The highest BCUT2D eigenvalue weighted by Crippen LogP contribution is 2.36. The number of carbonyl (C=O) groups excluding carboxylic acids is 2. The number of aliphatic hydroxyl groups excluding tert-OH is 1. The molecule has 1 aliphatic rings. The fraction of sp³-hybridized carbons (Fsp3) is 0.259. The fourth-order valence-corrected chi connectivity index (χ4v) is 4.72. The van der Waals surface area contributed by atoms with E-state index in [2.05, 4.69) is 10.1 Å². The fourth-order valence-electron chi connectivity index (χ4n) is 4.72. The lowest BCUT2D eigenvalue weighted by molar-refractivity contribution is -0.274. The Morgan fingerprint density at radius 1 is 1.02 bits per heavy atom. The van der Waals surface area contributed by atoms with E-state index in [0.717, 1.165) is 53.4 Å². The van der Waals surface area contributed by atoms with Gasteiger partial charge in [0.1, 0.15) is 40.6 Å². The van der Waals surface area contributed by atoms with Crippen LogP contribution in [0.2, 0.25) is 0 Å². The quantitative estimate of drug-likeness (QED) is 0.313. The van der Waals surface area contributed by atoms with Crippen molar-refractivity contribution >= 4 is 23.5 Å². The minimum atomic E-state index is -4.98. The van der Waals surface area contributed by atoms with E-state index < -0.39 is 95.7 Å². The molecule has 4 rings (SSSR count). The first-order valence-electron chi connectivity index (χ1n) is 12.3. The van der Waals surface area contributed by atoms with Crippen molar-refractivity contribution in [2.75, 3.05) is 25.2 Å². The third-order valence-corrected chi connectivity index (χ3v) is 6.60. The molecule has 0 bridgehead atoms. The van der Waals surface area contributed by atoms with Gasteiger partial charge in [0.15, 0.2) is 0 Å². The lowest BCUT2D eigenvalue weighted by Gasteiger charge is -2.20. The van der Waals surface area contributed by atoms with Gasteiger partial charge in [0.25, 0.3) is 11.5 Å². The van der Waals surface area contributed by atoms with Crippen LogP contribution in [0.5, 0.6) is 11.5 Å². The molecule has 1 saturated heterocycles. The Hall–Kier alpha value is -4.99. The number of ether oxygens (including phenoxy) is 2. The number of nitrogens with zero attached hydrogens (tertiary/aromatic N) is 2. The molecule has 0 unspecified atom stereocenters. The summed E-state index contributed by atoms with van der Waals surface area (Å²) in [4.78, 5) is 52.3. The normalized spacial score (nSPS) is 16.7. The molecule has 0 saturated carbocycles. The van der Waals surface area contributed by atoms with Crippen LogP contribution in [0.3, 0.4) is 0 Å². The van der Waals surface area contributed by atoms with Crippen LogP contribution in [-0.4, -0.2) is 65.2 Å². The number of benzene rings is 2. The Labute approximate surface area is 238 Å². The summed E-state index contributed by atoms with van der Waals surface area (Å²) < 4.78 is 77.1. The molecule has 16 heteroatoms. The number of carboxylic acid groups (broad SMARTS) is 1. The minimum Gasteiger partial charge on any atom is -0.497 e. The van der Waals surface area contributed by atoms with Gasteiger partial charge in [-0.25, -0.2) is 13.6 Å². The maximum atomic E-state index is 15.2. The Kier molecular flexibility index (Phi) is 8.70. The highest BCUT2D eigenvalue weighted by Gasteiger charge is 2.46. The average Bonchev–Trinajstić information content (AvgIpc) is 3.23. The number of aromatic nitrogens is 1. The van der Waals surface area contributed by atoms with Crippen molar-refractivity contribution in [1.29, 1.82) is 0 Å². The zero-order valence-electron chi connectivity index (χ0n) is 22.0. The number of alkyl halides is 3. The van der Waals surface area contributed by atoms with Crippen molar-refractivity contribution in [2.24, 2.45) is 0 Å². The van der Waals surface area contributed by atoms with E-state index in [1.807, 2.05) is 0 Å². The zero-order chi connectivity index (χ0) is 31.6. The monoisotopic (exact) mass is 611 g/mol. The van der Waals surface area contributed by atoms with Gasteiger partial charge in [0.05, 0.1) is 13.7 Å². The van der Waals surface area contributed by atoms with E-state index in [-0.39, 0.29) is 11.3 Å². The number of carboxylic acids is 1. The van der Waals surface area contributed by atoms with Gasteiger partial charge in [-0.2, -0.15) is 0 Å². The highest BCUT2D eigenvalue weighted by atomic mass is 19.4. The van der Waals surface area contributed by atoms with Crippen molar-refractivity contribution in [2.45, 2.75) is 24.9 Å². The number of hydrogen-bond acceptors (Lipinski definition) is 7. The van der Waals surface area contributed by atoms with Crippen LogP contribution in [0.4, 0.5) is 27.6 Å². The van der Waals surface area contributed by atoms with Gasteiger partial charge >= 0.3 is 12.3 Å². The van der Waals surface area contributed by atoms with Gasteiger partial charge in [-0.05, 0) is 36.4 Å². The third kappa shape index (κ3) is 6.43. The molecule has 43 heavy (non-hydrogen) atoms. The summed E-state index contributed by atoms with van der Waals surface area (Å²) in [5, 5.41) is 21.1. The number of amides is 2. The first kappa shape index (κ1) is 31.0. The molecule has 228 valence electrons. The maximum absolute atomic E-state index is 15.2. The summed E-state index contributed by atoms with van der Waals surface area (Å²) in [6.07, 6.45) is -4.98. The number of rotatable bonds is 9. The Bertz CT molecular complexity index is 1600. The van der Waals surface area contributed by atoms with Crippen LogP contribution < -0.4 is 25.2 Å². The smallest absolute Gasteiger partial charge is 0.497 e. The number of pyridine rings is 1. The predicted octanol–water partition coefficient (Wildman–Crippen LogP) is 2.65. The van der Waals surface area contributed by atoms with E-state index in [9.17, 15) is 42.6 Å². The summed E-state index contributed by atoms with van der Waals surface area (Å²) in [6, 6.07) is 5.64. The van der Waals surface area contributed by atoms with Crippen molar-refractivity contribution < 1.29 is 56.0 Å². The van der Waals surface area contributed by atoms with Crippen molar-refractivity contribution in [3.8, 4) is 11.5 Å². The average molecular weight is 611 g/mol. The molecule has 1 fully saturated rings. The van der Waals surface area contributed by atoms with E-state index in [1.165, 1.54) is 7.11 Å². The molecule has 1 aliphatic heterocycles. The van der Waals surface area contributed by atoms with Crippen molar-refractivity contribution in [1.82, 2.24) is 9.88 Å². The molecule has 3 aromatic rings. The van der Waals surface area contributed by atoms with Gasteiger partial charge < -0.3 is 29.9 Å². The number of halogens is 5. The van der Waals surface area contributed by atoms with Gasteiger partial charge in [-0.3, -0.25) is 19.0 Å². The molecular weight excluding hydrogens is 589 g/mol. The third-order valence-electron chi connectivity index (χ3n) is 6.60. The molecule has 0 aliphatic carbocycles. The SMILES string of the molecule is COc1cc(F)c([C@@H]2CN(c3ccc(C(=O)O)n(CCO)c3=O)C(=O)[C@H]2NC(=O)c2ccc(OC(F)(F)F)cc2)c(F)c1. The molecule has 2 amide bonds. The van der Waals surface area contributed by atoms with Crippen LogP contribution >= 0.6 is 0 Å². The largest absolute Gasteiger partial charge is 0.573 e. The second-order valence-corrected chi connectivity index (χ2v) is 9.17. The molecule has 1 aromatic heterocycles. The lowest BCUT2D eigenvalue weighted by atomic mass is 9.92. The van der Waals surface area contributed by atoms with Crippen LogP contribution in [-0.2, 0) is 11.3 Å². The zero-order valence-corrected chi connectivity index (χ0v) is 22.0. The summed E-state index contributed by atoms with van der Waals surface area (Å²) in [5.41, 5.74) is -2.77. The van der Waals surface area contributed by atoms with E-state index >= 15 is 8.78 Å². The predicted molar refractivity (Wildman–Crippen MR) is 137 cm³/mol. The highest BCUT2D eigenvalue weighted by molar-refractivity contribution is 6.05. The molecule has 2 heterocycles. The number of aromatic carboxylic acids is 1. The summed E-state index contributed by atoms with van der Waals surface area (Å²) in [7, 11) is 1.17. The van der Waals surface area contributed by atoms with Crippen molar-refractivity contribution in [3.63, 3.8) is 0 Å². The van der Waals surface area contributed by atoms with Gasteiger partial charge in [0.2, 0.25) is 5.91 Å². The maximum Gasteiger partial charge on any atom is 0.573 e. The Morgan fingerprint density at radius 2 is 1.65 bits per heavy atom. The number of carbonyl (C=O) groups is 3. The molecule has 11 nitrogen and oxygen atoms in total. The Balaban J connectivity index is 1.75. The molecule has 2 aromatic carbocycles. The molecule has 0 spiro atoms. The number of anilines is 1. The molecule has 0 radical (unpaired) electrons. The first-order valence-corrected chi connectivity index (χ1v) is 12.3. The van der Waals surface area contributed by atoms with E-state index in [0.29, 0.717) is 4.57 Å². The number of hydrogen-bond donors (Lipinski definition) is 3. The first-order chi connectivity index (χ1) is 20.2. The van der Waals surface area contributed by atoms with Crippen molar-refractivity contribution in [3.05, 3.63) is 87.3 Å². The van der Waals surface area contributed by atoms with E-state index in [4.69, 9.17) is 4.74 Å². The van der Waals surface area contributed by atoms with Gasteiger partial charge in [0, 0.05) is 42.3 Å². The minimum absolute atomic E-state index is 0.183. The number of aliphatic hydroxyl groups is 1. The standard InChI is InChI=1S/C27H22F5N3O8/c1-42-15-10-17(28)21(18(29)11-15)16-12-35(19-6-7-20(26(40)41)34(8-9-36)24(19)38)25(39)22(16)33-23(37)13-2-4-14(5-3-13)43-27(30,31)32/h2-7,10-11,16,22,36H,8-9,12H2,1H3,(H,33,37)(H,40,41)/t16-,22-/m0/s1. The molecular formula is C27H22F5N3O8. The van der Waals surface area contributed by atoms with Crippen LogP contribution in [0.15, 0.2) is 53.3 Å². The molecule has 2 atom stereocenters. The topological polar surface area (TPSA) is 147 Å². The summed E-state index contributed by atoms with van der Waals surface area (Å²) in [6.45, 7) is -1.63. The van der Waals surface area contributed by atoms with Crippen LogP contribution in [0, 0.1) is 11.6 Å². The summed E-state index contributed by atoms with van der Waals surface area (Å²) in [5.74, 6) is -8.03. The second-order valence-electron chi connectivity index (χ2n) is 9.17. The van der Waals surface area contributed by atoms with Gasteiger partial charge in [-0.15, -0.1) is 13.2 Å². The molecule has 3 N–H and O–H groups in total. The number of nitrogens with one attached hydrogen (secondary N) is 1. The lowest BCUT2D eigenvalue weighted by Crippen LogP contribution is -2.45. The van der Waals surface area contributed by atoms with Gasteiger partial charge in [-0.1, -0.05) is 0 Å². The second kappa shape index (κ2) is 12.1. The van der Waals surface area contributed by atoms with Crippen LogP contribution in [0.25, 0.3) is 0 Å². The Morgan fingerprint density at radius 3 is 2.19 bits per heavy atom. The van der Waals surface area contributed by atoms with E-state index in [1.54, 1.807) is 0 Å². The summed E-state index contributed by atoms with van der Waals surface area (Å²) >= 11 is 0. The van der Waals surface area contributed by atoms with Crippen LogP contribution in [0.1, 0.15) is 32.3 Å².